The number of benzene rings is 1. The van der Waals surface area contributed by atoms with Gasteiger partial charge in [-0.15, -0.1) is 0 Å². The van der Waals surface area contributed by atoms with Gasteiger partial charge in [0.15, 0.2) is 0 Å². The first-order valence-electron chi connectivity index (χ1n) is 6.52. The minimum absolute atomic E-state index is 0.0632. The maximum Gasteiger partial charge on any atom is 0.303 e. The van der Waals surface area contributed by atoms with E-state index in [0.29, 0.717) is 6.42 Å². The van der Waals surface area contributed by atoms with E-state index in [2.05, 4.69) is 0 Å². The topological polar surface area (TPSA) is 112 Å². The van der Waals surface area contributed by atoms with E-state index in [9.17, 15) is 14.4 Å². The number of hydrogen-bond acceptors (Lipinski definition) is 4. The lowest BCUT2D eigenvalue weighted by Gasteiger charge is -1.98. The Balaban J connectivity index is 0.000000400. The molecule has 0 amide bonds. The Morgan fingerprint density at radius 2 is 1.38 bits per heavy atom. The van der Waals surface area contributed by atoms with Gasteiger partial charge in [0, 0.05) is 19.3 Å². The second kappa shape index (κ2) is 10.4. The highest BCUT2D eigenvalue weighted by molar-refractivity contribution is 5.75. The number of aliphatic carboxylic acids is 2. The molecular weight excluding hydrogens is 276 g/mol. The van der Waals surface area contributed by atoms with Crippen molar-refractivity contribution in [3.63, 3.8) is 0 Å². The van der Waals surface area contributed by atoms with Gasteiger partial charge in [-0.05, 0) is 37.5 Å². The number of phenolic OH excluding ortho intramolecular Hbond substituents is 1. The van der Waals surface area contributed by atoms with Gasteiger partial charge in [0.2, 0.25) is 0 Å². The van der Waals surface area contributed by atoms with E-state index in [1.54, 1.807) is 19.1 Å². The van der Waals surface area contributed by atoms with Crippen LogP contribution in [-0.2, 0) is 20.8 Å². The minimum Gasteiger partial charge on any atom is -0.508 e. The molecule has 0 heterocycles. The number of carbonyl (C=O) groups excluding carboxylic acids is 1. The van der Waals surface area contributed by atoms with Gasteiger partial charge in [0.25, 0.3) is 0 Å². The molecule has 0 saturated carbocycles. The molecule has 1 aromatic rings. The molecule has 0 radical (unpaired) electrons. The summed E-state index contributed by atoms with van der Waals surface area (Å²) in [5.41, 5.74) is 1.09. The first-order chi connectivity index (χ1) is 9.81. The number of aryl methyl sites for hydroxylation is 1. The summed E-state index contributed by atoms with van der Waals surface area (Å²) in [5, 5.41) is 25.0. The summed E-state index contributed by atoms with van der Waals surface area (Å²) in [4.78, 5) is 30.2. The highest BCUT2D eigenvalue weighted by atomic mass is 16.4. The summed E-state index contributed by atoms with van der Waals surface area (Å²) in [5.74, 6) is -1.43. The molecule has 0 bridgehead atoms. The standard InChI is InChI=1S/C10H12O2.C5H8O4/c1-8(11)2-3-9-4-6-10(12)7-5-9;6-4(7)2-1-3-5(8)9/h4-7,12H,2-3H2,1H3;1-3H2,(H,6,7)(H,8,9). The lowest BCUT2D eigenvalue weighted by atomic mass is 10.1. The summed E-state index contributed by atoms with van der Waals surface area (Å²) >= 11 is 0. The van der Waals surface area contributed by atoms with Gasteiger partial charge in [0.05, 0.1) is 0 Å². The Bertz CT molecular complexity index is 450. The number of aromatic hydroxyl groups is 1. The molecule has 1 aromatic carbocycles. The molecule has 0 aromatic heterocycles. The van der Waals surface area contributed by atoms with Crippen LogP contribution in [0.4, 0.5) is 0 Å². The van der Waals surface area contributed by atoms with Crippen LogP contribution in [-0.4, -0.2) is 33.0 Å². The maximum atomic E-state index is 10.6. The highest BCUT2D eigenvalue weighted by Gasteiger charge is 1.99. The van der Waals surface area contributed by atoms with E-state index in [0.717, 1.165) is 12.0 Å². The molecule has 6 heteroatoms. The van der Waals surface area contributed by atoms with Crippen molar-refractivity contribution in [2.75, 3.05) is 0 Å². The molecule has 1 rings (SSSR count). The van der Waals surface area contributed by atoms with Gasteiger partial charge < -0.3 is 20.1 Å². The van der Waals surface area contributed by atoms with E-state index >= 15 is 0 Å². The molecule has 3 N–H and O–H groups in total. The molecule has 0 saturated heterocycles. The van der Waals surface area contributed by atoms with Crippen LogP contribution in [0.2, 0.25) is 0 Å². The monoisotopic (exact) mass is 296 g/mol. The van der Waals surface area contributed by atoms with Gasteiger partial charge in [-0.25, -0.2) is 0 Å². The Morgan fingerprint density at radius 3 is 1.76 bits per heavy atom. The number of carboxylic acid groups (broad SMARTS) is 2. The van der Waals surface area contributed by atoms with Crippen molar-refractivity contribution in [1.82, 2.24) is 0 Å². The second-order valence-corrected chi connectivity index (χ2v) is 4.51. The SMILES string of the molecule is CC(=O)CCc1ccc(O)cc1.O=C(O)CCCC(=O)O. The third kappa shape index (κ3) is 12.4. The van der Waals surface area contributed by atoms with Crippen molar-refractivity contribution >= 4 is 17.7 Å². The Morgan fingerprint density at radius 1 is 0.905 bits per heavy atom. The second-order valence-electron chi connectivity index (χ2n) is 4.51. The minimum atomic E-state index is -0.948. The van der Waals surface area contributed by atoms with E-state index in [4.69, 9.17) is 15.3 Å². The fraction of sp³-hybridized carbons (Fsp3) is 0.400. The summed E-state index contributed by atoms with van der Waals surface area (Å²) in [6.45, 7) is 1.58. The Labute approximate surface area is 123 Å². The van der Waals surface area contributed by atoms with Crippen molar-refractivity contribution in [1.29, 1.82) is 0 Å². The Kier molecular flexibility index (Phi) is 9.25. The number of hydrogen-bond donors (Lipinski definition) is 3. The number of phenols is 1. The van der Waals surface area contributed by atoms with Crippen molar-refractivity contribution in [3.8, 4) is 5.75 Å². The van der Waals surface area contributed by atoms with E-state index in [1.807, 2.05) is 12.1 Å². The number of ketones is 1. The van der Waals surface area contributed by atoms with Gasteiger partial charge in [-0.3, -0.25) is 9.59 Å². The predicted molar refractivity (Wildman–Crippen MR) is 76.2 cm³/mol. The number of carbonyl (C=O) groups is 3. The van der Waals surface area contributed by atoms with Crippen LogP contribution >= 0.6 is 0 Å². The van der Waals surface area contributed by atoms with Gasteiger partial charge in [-0.1, -0.05) is 12.1 Å². The summed E-state index contributed by atoms with van der Waals surface area (Å²) < 4.78 is 0. The van der Waals surface area contributed by atoms with Crippen LogP contribution in [0.25, 0.3) is 0 Å². The number of rotatable bonds is 7. The Hall–Kier alpha value is -2.37. The number of Topliss-reactive ketones (excluding diaryl/α,β-unsaturated/α-hetero) is 1. The van der Waals surface area contributed by atoms with Gasteiger partial charge in [0.1, 0.15) is 11.5 Å². The predicted octanol–water partition coefficient (Wildman–Crippen LogP) is 2.24. The summed E-state index contributed by atoms with van der Waals surface area (Å²) in [7, 11) is 0. The first kappa shape index (κ1) is 18.6. The molecule has 21 heavy (non-hydrogen) atoms. The smallest absolute Gasteiger partial charge is 0.303 e. The maximum absolute atomic E-state index is 10.6. The molecule has 6 nitrogen and oxygen atoms in total. The molecule has 0 aliphatic rings. The van der Waals surface area contributed by atoms with Crippen molar-refractivity contribution in [2.24, 2.45) is 0 Å². The van der Waals surface area contributed by atoms with Crippen LogP contribution in [0, 0.1) is 0 Å². The van der Waals surface area contributed by atoms with Crippen LogP contribution < -0.4 is 0 Å². The average molecular weight is 296 g/mol. The van der Waals surface area contributed by atoms with E-state index in [-0.39, 0.29) is 30.8 Å². The molecule has 0 unspecified atom stereocenters. The zero-order valence-corrected chi connectivity index (χ0v) is 11.9. The molecule has 0 atom stereocenters. The fourth-order valence-electron chi connectivity index (χ4n) is 1.37. The van der Waals surface area contributed by atoms with Crippen molar-refractivity contribution in [2.45, 2.75) is 39.0 Å². The zero-order valence-electron chi connectivity index (χ0n) is 11.9. The average Bonchev–Trinajstić information content (AvgIpc) is 2.38. The lowest BCUT2D eigenvalue weighted by Crippen LogP contribution is -1.98. The molecule has 0 aliphatic carbocycles. The zero-order chi connectivity index (χ0) is 16.3. The molecule has 0 aliphatic heterocycles. The van der Waals surface area contributed by atoms with Crippen LogP contribution in [0.5, 0.6) is 5.75 Å². The third-order valence-electron chi connectivity index (χ3n) is 2.48. The van der Waals surface area contributed by atoms with Gasteiger partial charge >= 0.3 is 11.9 Å². The van der Waals surface area contributed by atoms with E-state index < -0.39 is 11.9 Å². The van der Waals surface area contributed by atoms with Crippen molar-refractivity contribution < 1.29 is 29.7 Å². The van der Waals surface area contributed by atoms with Crippen LogP contribution in [0.15, 0.2) is 24.3 Å². The molecule has 0 spiro atoms. The quantitative estimate of drug-likeness (QED) is 0.711. The first-order valence-corrected chi connectivity index (χ1v) is 6.52. The molecule has 116 valence electrons. The van der Waals surface area contributed by atoms with Crippen molar-refractivity contribution in [3.05, 3.63) is 29.8 Å². The van der Waals surface area contributed by atoms with E-state index in [1.165, 1.54) is 0 Å². The normalized spacial score (nSPS) is 9.38. The van der Waals surface area contributed by atoms with Crippen LogP contribution in [0.3, 0.4) is 0 Å². The van der Waals surface area contributed by atoms with Crippen LogP contribution in [0.1, 0.15) is 38.2 Å². The molecular formula is C15H20O6. The summed E-state index contributed by atoms with van der Waals surface area (Å²) in [6.07, 6.45) is 1.42. The number of carboxylic acids is 2. The lowest BCUT2D eigenvalue weighted by molar-refractivity contribution is -0.138. The largest absolute Gasteiger partial charge is 0.508 e. The molecule has 0 fully saturated rings. The summed E-state index contributed by atoms with van der Waals surface area (Å²) in [6, 6.07) is 6.93. The van der Waals surface area contributed by atoms with Gasteiger partial charge in [-0.2, -0.15) is 0 Å². The fourth-order valence-corrected chi connectivity index (χ4v) is 1.37. The third-order valence-corrected chi connectivity index (χ3v) is 2.48. The highest BCUT2D eigenvalue weighted by Crippen LogP contribution is 2.10.